The number of halogens is 2. The lowest BCUT2D eigenvalue weighted by molar-refractivity contribution is 1.08. The highest BCUT2D eigenvalue weighted by Gasteiger charge is 1.95. The molecule has 9 heavy (non-hydrogen) atoms. The van der Waals surface area contributed by atoms with Gasteiger partial charge in [0.1, 0.15) is 5.15 Å². The molecule has 0 aliphatic heterocycles. The molecule has 1 aromatic rings. The average Bonchev–Trinajstić information content (AvgIpc) is 1.80. The van der Waals surface area contributed by atoms with E-state index in [-0.39, 0.29) is 0 Å². The van der Waals surface area contributed by atoms with Gasteiger partial charge in [0.25, 0.3) is 0 Å². The molecule has 0 fully saturated rings. The summed E-state index contributed by atoms with van der Waals surface area (Å²) in [5.41, 5.74) is 0.914. The molecule has 0 saturated heterocycles. The molecular weight excluding hydrogens is 250 g/mol. The van der Waals surface area contributed by atoms with Crippen molar-refractivity contribution >= 4 is 34.2 Å². The number of aryl methyl sites for hydroxylation is 1. The average molecular weight is 254 g/mol. The van der Waals surface area contributed by atoms with Crippen LogP contribution in [0.5, 0.6) is 0 Å². The van der Waals surface area contributed by atoms with E-state index in [4.69, 9.17) is 11.6 Å². The van der Waals surface area contributed by atoms with Crippen LogP contribution in [0, 0.1) is 10.8 Å². The van der Waals surface area contributed by atoms with Gasteiger partial charge in [0.15, 0.2) is 3.83 Å². The summed E-state index contributed by atoms with van der Waals surface area (Å²) in [5, 5.41) is 0.536. The number of aromatic nitrogens is 2. The lowest BCUT2D eigenvalue weighted by Crippen LogP contribution is -1.88. The van der Waals surface area contributed by atoms with Crippen LogP contribution in [-0.4, -0.2) is 9.97 Å². The lowest BCUT2D eigenvalue weighted by Gasteiger charge is -1.93. The van der Waals surface area contributed by atoms with E-state index in [1.54, 1.807) is 6.20 Å². The molecule has 1 aromatic heterocycles. The van der Waals surface area contributed by atoms with Crippen LogP contribution in [0.2, 0.25) is 5.15 Å². The molecule has 0 aliphatic rings. The molecule has 4 heteroatoms. The Morgan fingerprint density at radius 3 is 2.78 bits per heavy atom. The molecule has 2 nitrogen and oxygen atoms in total. The topological polar surface area (TPSA) is 25.8 Å². The van der Waals surface area contributed by atoms with Gasteiger partial charge in [-0.2, -0.15) is 0 Å². The van der Waals surface area contributed by atoms with Gasteiger partial charge in [0.05, 0.1) is 0 Å². The molecular formula is C5H4ClIN2. The van der Waals surface area contributed by atoms with Crippen molar-refractivity contribution in [2.24, 2.45) is 0 Å². The second kappa shape index (κ2) is 2.79. The first-order valence-corrected chi connectivity index (χ1v) is 3.80. The molecule has 0 spiro atoms. The number of nitrogens with zero attached hydrogens (tertiary/aromatic N) is 2. The quantitative estimate of drug-likeness (QED) is 0.402. The highest BCUT2D eigenvalue weighted by molar-refractivity contribution is 14.1. The van der Waals surface area contributed by atoms with E-state index in [9.17, 15) is 0 Å². The number of hydrogen-bond donors (Lipinski definition) is 0. The molecule has 0 saturated carbocycles. The van der Waals surface area contributed by atoms with E-state index in [1.807, 2.05) is 29.5 Å². The van der Waals surface area contributed by atoms with Crippen LogP contribution in [0.1, 0.15) is 5.56 Å². The van der Waals surface area contributed by atoms with Gasteiger partial charge in [-0.25, -0.2) is 9.97 Å². The Morgan fingerprint density at radius 1 is 1.67 bits per heavy atom. The molecule has 0 aliphatic carbocycles. The predicted octanol–water partition coefficient (Wildman–Crippen LogP) is 2.04. The Bertz CT molecular complexity index is 226. The highest BCUT2D eigenvalue weighted by atomic mass is 127. The third-order valence-electron chi connectivity index (χ3n) is 0.881. The van der Waals surface area contributed by atoms with Crippen molar-refractivity contribution in [1.82, 2.24) is 9.97 Å². The Kier molecular flexibility index (Phi) is 2.23. The molecule has 0 N–H and O–H groups in total. The molecule has 0 radical (unpaired) electrons. The van der Waals surface area contributed by atoms with Crippen LogP contribution < -0.4 is 0 Å². The second-order valence-corrected chi connectivity index (χ2v) is 2.94. The van der Waals surface area contributed by atoms with Crippen molar-refractivity contribution in [1.29, 1.82) is 0 Å². The third kappa shape index (κ3) is 1.76. The van der Waals surface area contributed by atoms with Crippen molar-refractivity contribution in [3.63, 3.8) is 0 Å². The fourth-order valence-corrected chi connectivity index (χ4v) is 1.05. The molecule has 1 rings (SSSR count). The third-order valence-corrected chi connectivity index (χ3v) is 1.78. The molecule has 0 aromatic carbocycles. The smallest absolute Gasteiger partial charge is 0.192 e. The minimum absolute atomic E-state index is 0.536. The van der Waals surface area contributed by atoms with E-state index < -0.39 is 0 Å². The van der Waals surface area contributed by atoms with Crippen LogP contribution in [-0.2, 0) is 0 Å². The monoisotopic (exact) mass is 254 g/mol. The normalized spacial score (nSPS) is 9.67. The maximum absolute atomic E-state index is 5.66. The molecule has 0 bridgehead atoms. The first kappa shape index (κ1) is 7.21. The van der Waals surface area contributed by atoms with E-state index >= 15 is 0 Å². The summed E-state index contributed by atoms with van der Waals surface area (Å²) < 4.78 is 0.684. The SMILES string of the molecule is Cc1cnc(I)nc1Cl. The number of rotatable bonds is 0. The molecule has 0 unspecified atom stereocenters. The Labute approximate surface area is 71.8 Å². The fourth-order valence-electron chi connectivity index (χ4n) is 0.401. The zero-order chi connectivity index (χ0) is 6.85. The van der Waals surface area contributed by atoms with Crippen LogP contribution in [0.3, 0.4) is 0 Å². The molecule has 0 atom stereocenters. The predicted molar refractivity (Wildman–Crippen MR) is 44.5 cm³/mol. The summed E-state index contributed by atoms with van der Waals surface area (Å²) >= 11 is 7.67. The minimum Gasteiger partial charge on any atom is -0.231 e. The largest absolute Gasteiger partial charge is 0.231 e. The highest BCUT2D eigenvalue weighted by Crippen LogP contribution is 2.10. The minimum atomic E-state index is 0.536. The van der Waals surface area contributed by atoms with Crippen LogP contribution >= 0.6 is 34.2 Å². The standard InChI is InChI=1S/C5H4ClIN2/c1-3-2-8-5(7)9-4(3)6/h2H,1H3. The zero-order valence-corrected chi connectivity index (χ0v) is 7.64. The van der Waals surface area contributed by atoms with Crippen molar-refractivity contribution in [2.75, 3.05) is 0 Å². The van der Waals surface area contributed by atoms with Crippen LogP contribution in [0.15, 0.2) is 6.20 Å². The van der Waals surface area contributed by atoms with E-state index in [0.717, 1.165) is 5.56 Å². The van der Waals surface area contributed by atoms with E-state index in [2.05, 4.69) is 9.97 Å². The molecule has 48 valence electrons. The van der Waals surface area contributed by atoms with Crippen molar-refractivity contribution in [3.05, 3.63) is 20.7 Å². The molecule has 0 amide bonds. The Morgan fingerprint density at radius 2 is 2.33 bits per heavy atom. The van der Waals surface area contributed by atoms with Gasteiger partial charge < -0.3 is 0 Å². The summed E-state index contributed by atoms with van der Waals surface area (Å²) in [7, 11) is 0. The van der Waals surface area contributed by atoms with Crippen LogP contribution in [0.25, 0.3) is 0 Å². The van der Waals surface area contributed by atoms with Crippen molar-refractivity contribution in [2.45, 2.75) is 6.92 Å². The first-order chi connectivity index (χ1) is 4.20. The fraction of sp³-hybridized carbons (Fsp3) is 0.200. The van der Waals surface area contributed by atoms with Crippen molar-refractivity contribution < 1.29 is 0 Å². The van der Waals surface area contributed by atoms with Gasteiger partial charge in [-0.05, 0) is 6.92 Å². The van der Waals surface area contributed by atoms with Gasteiger partial charge in [0.2, 0.25) is 0 Å². The summed E-state index contributed by atoms with van der Waals surface area (Å²) in [6.45, 7) is 1.87. The lowest BCUT2D eigenvalue weighted by atomic mass is 10.4. The second-order valence-electron chi connectivity index (χ2n) is 1.61. The summed E-state index contributed by atoms with van der Waals surface area (Å²) in [5.74, 6) is 0. The van der Waals surface area contributed by atoms with Gasteiger partial charge in [-0.15, -0.1) is 0 Å². The van der Waals surface area contributed by atoms with Gasteiger partial charge in [-0.3, -0.25) is 0 Å². The summed E-state index contributed by atoms with van der Waals surface area (Å²) in [6.07, 6.45) is 1.71. The van der Waals surface area contributed by atoms with Gasteiger partial charge in [0, 0.05) is 34.4 Å². The Hall–Kier alpha value is 0.1000. The van der Waals surface area contributed by atoms with Gasteiger partial charge in [-0.1, -0.05) is 11.6 Å². The maximum atomic E-state index is 5.66. The van der Waals surface area contributed by atoms with E-state index in [0.29, 0.717) is 8.98 Å². The Balaban J connectivity index is 3.17. The maximum Gasteiger partial charge on any atom is 0.192 e. The van der Waals surface area contributed by atoms with Gasteiger partial charge >= 0.3 is 0 Å². The number of hydrogen-bond acceptors (Lipinski definition) is 2. The summed E-state index contributed by atoms with van der Waals surface area (Å²) in [6, 6.07) is 0. The summed E-state index contributed by atoms with van der Waals surface area (Å²) in [4.78, 5) is 7.84. The van der Waals surface area contributed by atoms with Crippen molar-refractivity contribution in [3.8, 4) is 0 Å². The van der Waals surface area contributed by atoms with E-state index in [1.165, 1.54) is 0 Å². The zero-order valence-electron chi connectivity index (χ0n) is 4.73. The van der Waals surface area contributed by atoms with Crippen LogP contribution in [0.4, 0.5) is 0 Å². The first-order valence-electron chi connectivity index (χ1n) is 2.35. The molecule has 1 heterocycles.